The summed E-state index contributed by atoms with van der Waals surface area (Å²) in [5.74, 6) is -0.0331. The van der Waals surface area contributed by atoms with Crippen molar-refractivity contribution in [1.29, 1.82) is 0 Å². The molecule has 0 bridgehead atoms. The lowest BCUT2D eigenvalue weighted by molar-refractivity contribution is -0.131. The largest absolute Gasteiger partial charge is 0.339 e. The van der Waals surface area contributed by atoms with E-state index in [0.717, 1.165) is 22.4 Å². The van der Waals surface area contributed by atoms with Gasteiger partial charge in [-0.05, 0) is 50.1 Å². The van der Waals surface area contributed by atoms with Gasteiger partial charge in [0, 0.05) is 25.5 Å². The van der Waals surface area contributed by atoms with Gasteiger partial charge in [-0.1, -0.05) is 29.8 Å². The van der Waals surface area contributed by atoms with Gasteiger partial charge < -0.3 is 4.90 Å². The van der Waals surface area contributed by atoms with Crippen LogP contribution < -0.4 is 0 Å². The van der Waals surface area contributed by atoms with Crippen LogP contribution in [0.2, 0.25) is 0 Å². The van der Waals surface area contributed by atoms with Crippen molar-refractivity contribution in [3.8, 4) is 5.69 Å². The molecule has 3 rings (SSSR count). The molecule has 3 aromatic rings. The van der Waals surface area contributed by atoms with Crippen LogP contribution in [0.1, 0.15) is 52.9 Å². The van der Waals surface area contributed by atoms with E-state index < -0.39 is 0 Å². The fourth-order valence-electron chi connectivity index (χ4n) is 3.25. The molecule has 1 heterocycles. The highest BCUT2D eigenvalue weighted by atomic mass is 16.2. The highest BCUT2D eigenvalue weighted by Crippen LogP contribution is 2.22. The van der Waals surface area contributed by atoms with Gasteiger partial charge in [0.1, 0.15) is 12.7 Å². The van der Waals surface area contributed by atoms with E-state index in [1.807, 2.05) is 63.2 Å². The Morgan fingerprint density at radius 1 is 1.07 bits per heavy atom. The van der Waals surface area contributed by atoms with Crippen LogP contribution in [0.25, 0.3) is 5.69 Å². The van der Waals surface area contributed by atoms with E-state index in [-0.39, 0.29) is 30.6 Å². The number of rotatable bonds is 7. The molecule has 1 aromatic heterocycles. The zero-order valence-electron chi connectivity index (χ0n) is 17.3. The second-order valence-electron chi connectivity index (χ2n) is 7.35. The zero-order valence-corrected chi connectivity index (χ0v) is 17.3. The van der Waals surface area contributed by atoms with Crippen LogP contribution in [-0.4, -0.2) is 38.4 Å². The molecule has 0 N–H and O–H groups in total. The topological polar surface area (TPSA) is 68.1 Å². The van der Waals surface area contributed by atoms with Gasteiger partial charge in [0.05, 0.1) is 11.7 Å². The van der Waals surface area contributed by atoms with Crippen LogP contribution in [0, 0.1) is 13.8 Å². The van der Waals surface area contributed by atoms with E-state index in [1.54, 1.807) is 23.0 Å². The first kappa shape index (κ1) is 20.5. The second kappa shape index (κ2) is 8.82. The number of aromatic nitrogens is 3. The maximum Gasteiger partial charge on any atom is 0.223 e. The Morgan fingerprint density at radius 2 is 1.79 bits per heavy atom. The molecule has 0 aliphatic carbocycles. The molecule has 1 amide bonds. The average molecular weight is 390 g/mol. The SMILES string of the molecule is Cc1ccc(C)c(C(=O)CCC(=O)N(C)[C@@H](C)c2ccc(-n3cncn3)cc2)c1. The molecule has 0 aliphatic rings. The Morgan fingerprint density at radius 3 is 2.45 bits per heavy atom. The predicted molar refractivity (Wildman–Crippen MR) is 112 cm³/mol. The molecule has 0 spiro atoms. The number of nitrogens with zero attached hydrogens (tertiary/aromatic N) is 4. The lowest BCUT2D eigenvalue weighted by atomic mass is 9.99. The average Bonchev–Trinajstić information content (AvgIpc) is 3.27. The first-order valence-electron chi connectivity index (χ1n) is 9.68. The minimum absolute atomic E-state index is 0.0118. The summed E-state index contributed by atoms with van der Waals surface area (Å²) in [4.78, 5) is 30.8. The molecule has 6 heteroatoms. The van der Waals surface area contributed by atoms with E-state index >= 15 is 0 Å². The third-order valence-electron chi connectivity index (χ3n) is 5.29. The van der Waals surface area contributed by atoms with Crippen molar-refractivity contribution in [2.24, 2.45) is 0 Å². The molecular weight excluding hydrogens is 364 g/mol. The van der Waals surface area contributed by atoms with Gasteiger partial charge in [-0.2, -0.15) is 5.10 Å². The Kier molecular flexibility index (Phi) is 6.22. The maximum atomic E-state index is 12.7. The Bertz CT molecular complexity index is 994. The third kappa shape index (κ3) is 4.77. The maximum absolute atomic E-state index is 12.7. The van der Waals surface area contributed by atoms with Crippen molar-refractivity contribution in [1.82, 2.24) is 19.7 Å². The van der Waals surface area contributed by atoms with E-state index in [0.29, 0.717) is 5.56 Å². The van der Waals surface area contributed by atoms with E-state index in [4.69, 9.17) is 0 Å². The van der Waals surface area contributed by atoms with Crippen molar-refractivity contribution in [3.05, 3.63) is 77.4 Å². The first-order chi connectivity index (χ1) is 13.9. The standard InChI is InChI=1S/C23H26N4O2/c1-16-5-6-17(2)21(13-16)22(28)11-12-23(29)26(4)18(3)19-7-9-20(10-8-19)27-15-24-14-25-27/h5-10,13-15,18H,11-12H2,1-4H3/t18-/m0/s1. The number of carbonyl (C=O) groups excluding carboxylic acids is 2. The molecule has 0 saturated heterocycles. The fourth-order valence-corrected chi connectivity index (χ4v) is 3.25. The van der Waals surface area contributed by atoms with Crippen LogP contribution >= 0.6 is 0 Å². The molecule has 1 atom stereocenters. The molecule has 150 valence electrons. The van der Waals surface area contributed by atoms with Crippen LogP contribution in [0.4, 0.5) is 0 Å². The number of ketones is 1. The predicted octanol–water partition coefficient (Wildman–Crippen LogP) is 4.07. The molecule has 0 aliphatic heterocycles. The van der Waals surface area contributed by atoms with Crippen molar-refractivity contribution < 1.29 is 9.59 Å². The number of hydrogen-bond donors (Lipinski definition) is 0. The molecule has 0 unspecified atom stereocenters. The first-order valence-corrected chi connectivity index (χ1v) is 9.68. The number of carbonyl (C=O) groups is 2. The molecule has 29 heavy (non-hydrogen) atoms. The summed E-state index contributed by atoms with van der Waals surface area (Å²) >= 11 is 0. The number of amides is 1. The molecule has 6 nitrogen and oxygen atoms in total. The minimum Gasteiger partial charge on any atom is -0.339 e. The number of aryl methyl sites for hydroxylation is 2. The lowest BCUT2D eigenvalue weighted by Gasteiger charge is -2.25. The van der Waals surface area contributed by atoms with Crippen LogP contribution in [-0.2, 0) is 4.79 Å². The summed E-state index contributed by atoms with van der Waals surface area (Å²) < 4.78 is 1.68. The van der Waals surface area contributed by atoms with Gasteiger partial charge >= 0.3 is 0 Å². The monoisotopic (exact) mass is 390 g/mol. The minimum atomic E-state index is -0.0943. The van der Waals surface area contributed by atoms with E-state index in [9.17, 15) is 9.59 Å². The van der Waals surface area contributed by atoms with Gasteiger partial charge in [0.15, 0.2) is 5.78 Å². The summed E-state index contributed by atoms with van der Waals surface area (Å²) in [6.45, 7) is 5.87. The molecule has 2 aromatic carbocycles. The van der Waals surface area contributed by atoms with Crippen molar-refractivity contribution in [3.63, 3.8) is 0 Å². The van der Waals surface area contributed by atoms with Crippen molar-refractivity contribution in [2.45, 2.75) is 39.7 Å². The smallest absolute Gasteiger partial charge is 0.223 e. The Balaban J connectivity index is 1.60. The van der Waals surface area contributed by atoms with Gasteiger partial charge in [-0.25, -0.2) is 9.67 Å². The van der Waals surface area contributed by atoms with Crippen molar-refractivity contribution >= 4 is 11.7 Å². The fraction of sp³-hybridized carbons (Fsp3) is 0.304. The molecular formula is C23H26N4O2. The summed E-state index contributed by atoms with van der Waals surface area (Å²) in [5, 5.41) is 4.11. The van der Waals surface area contributed by atoms with E-state index in [1.165, 1.54) is 6.33 Å². The summed E-state index contributed by atoms with van der Waals surface area (Å²) in [5.41, 5.74) is 4.63. The van der Waals surface area contributed by atoms with E-state index in [2.05, 4.69) is 10.1 Å². The van der Waals surface area contributed by atoms with Gasteiger partial charge in [0.25, 0.3) is 0 Å². The zero-order chi connectivity index (χ0) is 21.0. The van der Waals surface area contributed by atoms with Gasteiger partial charge in [0.2, 0.25) is 5.91 Å². The van der Waals surface area contributed by atoms with Crippen molar-refractivity contribution in [2.75, 3.05) is 7.05 Å². The van der Waals surface area contributed by atoms with Gasteiger partial charge in [-0.15, -0.1) is 0 Å². The summed E-state index contributed by atoms with van der Waals surface area (Å²) in [6.07, 6.45) is 3.54. The lowest BCUT2D eigenvalue weighted by Crippen LogP contribution is -2.30. The quantitative estimate of drug-likeness (QED) is 0.571. The summed E-state index contributed by atoms with van der Waals surface area (Å²) in [7, 11) is 1.78. The normalized spacial score (nSPS) is 11.9. The van der Waals surface area contributed by atoms with Crippen LogP contribution in [0.15, 0.2) is 55.1 Å². The highest BCUT2D eigenvalue weighted by Gasteiger charge is 2.19. The second-order valence-corrected chi connectivity index (χ2v) is 7.35. The van der Waals surface area contributed by atoms with Gasteiger partial charge in [-0.3, -0.25) is 9.59 Å². The Labute approximate surface area is 171 Å². The molecule has 0 fully saturated rings. The third-order valence-corrected chi connectivity index (χ3v) is 5.29. The summed E-state index contributed by atoms with van der Waals surface area (Å²) in [6, 6.07) is 13.6. The number of Topliss-reactive ketones (excluding diaryl/α,β-unsaturated/α-hetero) is 1. The molecule has 0 saturated carbocycles. The molecule has 0 radical (unpaired) electrons. The highest BCUT2D eigenvalue weighted by molar-refractivity contribution is 5.99. The Hall–Kier alpha value is -3.28. The van der Waals surface area contributed by atoms with Crippen LogP contribution in [0.3, 0.4) is 0 Å². The number of hydrogen-bond acceptors (Lipinski definition) is 4. The number of benzene rings is 2. The van der Waals surface area contributed by atoms with Crippen LogP contribution in [0.5, 0.6) is 0 Å².